The van der Waals surface area contributed by atoms with Gasteiger partial charge in [0, 0.05) is 11.1 Å². The Bertz CT molecular complexity index is 885. The SMILES string of the molecule is CC(=CCCC(C)=CCCC(C)=CCCC(C)(O)C=Cc1c(C)c(O)c(C)c(C)c1O)CO. The maximum atomic E-state index is 10.8. The van der Waals surface area contributed by atoms with Gasteiger partial charge in [0.1, 0.15) is 11.5 Å². The molecule has 1 aromatic carbocycles. The summed E-state index contributed by atoms with van der Waals surface area (Å²) in [7, 11) is 0. The van der Waals surface area contributed by atoms with Gasteiger partial charge in [0.15, 0.2) is 0 Å². The number of aliphatic hydroxyl groups is 2. The van der Waals surface area contributed by atoms with Crippen LogP contribution in [0.3, 0.4) is 0 Å². The molecule has 0 spiro atoms. The summed E-state index contributed by atoms with van der Waals surface area (Å²) in [5.74, 6) is 0.331. The van der Waals surface area contributed by atoms with Crippen LogP contribution >= 0.6 is 0 Å². The number of phenols is 2. The van der Waals surface area contributed by atoms with Crippen molar-refractivity contribution < 1.29 is 20.4 Å². The van der Waals surface area contributed by atoms with Crippen molar-refractivity contribution in [1.29, 1.82) is 0 Å². The van der Waals surface area contributed by atoms with Crippen molar-refractivity contribution in [2.45, 2.75) is 92.6 Å². The monoisotopic (exact) mass is 456 g/mol. The second-order valence-electron chi connectivity index (χ2n) is 9.60. The van der Waals surface area contributed by atoms with Crippen LogP contribution in [0.25, 0.3) is 6.08 Å². The molecule has 0 aliphatic rings. The van der Waals surface area contributed by atoms with Gasteiger partial charge < -0.3 is 20.4 Å². The summed E-state index contributed by atoms with van der Waals surface area (Å²) in [6.45, 7) is 13.4. The predicted octanol–water partition coefficient (Wildman–Crippen LogP) is 6.96. The maximum Gasteiger partial charge on any atom is 0.126 e. The lowest BCUT2D eigenvalue weighted by atomic mass is 9.93. The van der Waals surface area contributed by atoms with Gasteiger partial charge in [-0.1, -0.05) is 47.1 Å². The number of phenolic OH excluding ortho intramolecular Hbond substituents is 2. The summed E-state index contributed by atoms with van der Waals surface area (Å²) in [5.41, 5.74) is 5.17. The molecular weight excluding hydrogens is 412 g/mol. The van der Waals surface area contributed by atoms with E-state index in [4.69, 9.17) is 5.11 Å². The molecule has 1 unspecified atom stereocenters. The molecule has 0 bridgehead atoms. The molecule has 0 aliphatic carbocycles. The summed E-state index contributed by atoms with van der Waals surface area (Å²) in [4.78, 5) is 0. The van der Waals surface area contributed by atoms with Crippen LogP contribution in [0.4, 0.5) is 0 Å². The van der Waals surface area contributed by atoms with Gasteiger partial charge in [-0.25, -0.2) is 0 Å². The summed E-state index contributed by atoms with van der Waals surface area (Å²) in [5, 5.41) is 40.5. The van der Waals surface area contributed by atoms with Gasteiger partial charge in [0.05, 0.1) is 12.2 Å². The Morgan fingerprint density at radius 1 is 0.758 bits per heavy atom. The first-order valence-corrected chi connectivity index (χ1v) is 11.9. The molecule has 4 nitrogen and oxygen atoms in total. The highest BCUT2D eigenvalue weighted by atomic mass is 16.3. The second kappa shape index (κ2) is 13.4. The van der Waals surface area contributed by atoms with Gasteiger partial charge in [0.25, 0.3) is 0 Å². The zero-order chi connectivity index (χ0) is 25.2. The molecular formula is C29H44O4. The fourth-order valence-electron chi connectivity index (χ4n) is 3.67. The van der Waals surface area contributed by atoms with E-state index in [9.17, 15) is 15.3 Å². The van der Waals surface area contributed by atoms with E-state index >= 15 is 0 Å². The topological polar surface area (TPSA) is 80.9 Å². The van der Waals surface area contributed by atoms with Gasteiger partial charge in [-0.15, -0.1) is 0 Å². The number of rotatable bonds is 12. The molecule has 1 aromatic rings. The van der Waals surface area contributed by atoms with Gasteiger partial charge in [-0.2, -0.15) is 0 Å². The quantitative estimate of drug-likeness (QED) is 0.202. The molecule has 0 saturated heterocycles. The minimum absolute atomic E-state index is 0.132. The van der Waals surface area contributed by atoms with Gasteiger partial charge in [0.2, 0.25) is 0 Å². The van der Waals surface area contributed by atoms with Crippen LogP contribution in [0.15, 0.2) is 41.0 Å². The first-order chi connectivity index (χ1) is 15.4. The van der Waals surface area contributed by atoms with Crippen molar-refractivity contribution in [3.05, 3.63) is 63.3 Å². The fraction of sp³-hybridized carbons (Fsp3) is 0.517. The van der Waals surface area contributed by atoms with Gasteiger partial charge in [-0.05, 0) is 98.1 Å². The molecule has 33 heavy (non-hydrogen) atoms. The third-order valence-corrected chi connectivity index (χ3v) is 6.35. The molecule has 0 amide bonds. The van der Waals surface area contributed by atoms with Crippen molar-refractivity contribution in [3.63, 3.8) is 0 Å². The Labute approximate surface area is 200 Å². The predicted molar refractivity (Wildman–Crippen MR) is 140 cm³/mol. The summed E-state index contributed by atoms with van der Waals surface area (Å²) < 4.78 is 0. The molecule has 1 rings (SSSR count). The molecule has 0 aliphatic heterocycles. The van der Waals surface area contributed by atoms with Crippen LogP contribution in [-0.2, 0) is 0 Å². The lowest BCUT2D eigenvalue weighted by Crippen LogP contribution is -2.20. The Morgan fingerprint density at radius 2 is 1.24 bits per heavy atom. The van der Waals surface area contributed by atoms with Gasteiger partial charge in [-0.3, -0.25) is 0 Å². The van der Waals surface area contributed by atoms with Crippen molar-refractivity contribution in [2.24, 2.45) is 0 Å². The van der Waals surface area contributed by atoms with E-state index in [1.54, 1.807) is 39.8 Å². The minimum atomic E-state index is -1.01. The Kier molecular flexibility index (Phi) is 11.7. The zero-order valence-corrected chi connectivity index (χ0v) is 21.6. The van der Waals surface area contributed by atoms with E-state index < -0.39 is 5.60 Å². The summed E-state index contributed by atoms with van der Waals surface area (Å²) in [6.07, 6.45) is 15.3. The van der Waals surface area contributed by atoms with E-state index in [0.29, 0.717) is 28.7 Å². The van der Waals surface area contributed by atoms with Gasteiger partial charge >= 0.3 is 0 Å². The molecule has 184 valence electrons. The average Bonchev–Trinajstić information content (AvgIpc) is 2.76. The maximum absolute atomic E-state index is 10.8. The number of aliphatic hydroxyl groups excluding tert-OH is 1. The molecule has 0 fully saturated rings. The van der Waals surface area contributed by atoms with E-state index in [0.717, 1.165) is 37.7 Å². The van der Waals surface area contributed by atoms with Crippen molar-refractivity contribution in [1.82, 2.24) is 0 Å². The number of aromatic hydroxyl groups is 2. The van der Waals surface area contributed by atoms with E-state index in [2.05, 4.69) is 32.1 Å². The Morgan fingerprint density at radius 3 is 1.79 bits per heavy atom. The van der Waals surface area contributed by atoms with Crippen molar-refractivity contribution >= 4 is 6.08 Å². The standard InChI is InChI=1S/C29H44O4/c1-20(13-9-14-22(3)19-30)11-8-12-21(2)15-10-17-29(7,33)18-16-26-25(6)27(31)23(4)24(5)28(26)32/h11,14-16,18,30-33H,8-10,12-13,17,19H2,1-7H3. The lowest BCUT2D eigenvalue weighted by Gasteiger charge is -2.19. The molecule has 4 N–H and O–H groups in total. The Hall–Kier alpha value is -2.30. The zero-order valence-electron chi connectivity index (χ0n) is 21.6. The molecule has 0 aromatic heterocycles. The molecule has 1 atom stereocenters. The van der Waals surface area contributed by atoms with Crippen LogP contribution < -0.4 is 0 Å². The molecule has 0 radical (unpaired) electrons. The molecule has 0 heterocycles. The van der Waals surface area contributed by atoms with Crippen LogP contribution in [0.2, 0.25) is 0 Å². The van der Waals surface area contributed by atoms with Crippen LogP contribution in [0, 0.1) is 20.8 Å². The van der Waals surface area contributed by atoms with E-state index in [1.165, 1.54) is 11.1 Å². The Balaban J connectivity index is 2.61. The van der Waals surface area contributed by atoms with Crippen molar-refractivity contribution in [3.8, 4) is 11.5 Å². The largest absolute Gasteiger partial charge is 0.507 e. The number of hydrogen-bond acceptors (Lipinski definition) is 4. The normalized spacial score (nSPS) is 15.4. The summed E-state index contributed by atoms with van der Waals surface area (Å²) in [6, 6.07) is 0. The van der Waals surface area contributed by atoms with E-state index in [-0.39, 0.29) is 18.1 Å². The van der Waals surface area contributed by atoms with E-state index in [1.807, 2.05) is 6.92 Å². The highest BCUT2D eigenvalue weighted by Crippen LogP contribution is 2.37. The lowest BCUT2D eigenvalue weighted by molar-refractivity contribution is 0.104. The third-order valence-electron chi connectivity index (χ3n) is 6.35. The molecule has 0 saturated carbocycles. The number of allylic oxidation sites excluding steroid dienone is 5. The molecule has 4 heteroatoms. The number of hydrogen-bond donors (Lipinski definition) is 4. The highest BCUT2D eigenvalue weighted by Gasteiger charge is 2.18. The third kappa shape index (κ3) is 9.61. The van der Waals surface area contributed by atoms with Crippen LogP contribution in [0.5, 0.6) is 11.5 Å². The smallest absolute Gasteiger partial charge is 0.126 e. The summed E-state index contributed by atoms with van der Waals surface area (Å²) >= 11 is 0. The second-order valence-corrected chi connectivity index (χ2v) is 9.60. The van der Waals surface area contributed by atoms with Crippen LogP contribution in [0.1, 0.15) is 88.5 Å². The average molecular weight is 457 g/mol. The van der Waals surface area contributed by atoms with Crippen molar-refractivity contribution in [2.75, 3.05) is 6.61 Å². The number of benzene rings is 1. The highest BCUT2D eigenvalue weighted by molar-refractivity contribution is 5.69. The fourth-order valence-corrected chi connectivity index (χ4v) is 3.67. The minimum Gasteiger partial charge on any atom is -0.507 e. The van der Waals surface area contributed by atoms with Crippen LogP contribution in [-0.4, -0.2) is 32.6 Å². The first kappa shape index (κ1) is 28.7. The first-order valence-electron chi connectivity index (χ1n) is 11.9.